The first kappa shape index (κ1) is 25.8. The van der Waals surface area contributed by atoms with Crippen molar-refractivity contribution in [1.29, 1.82) is 0 Å². The number of ether oxygens (including phenoxy) is 1. The highest BCUT2D eigenvalue weighted by molar-refractivity contribution is 6.25. The van der Waals surface area contributed by atoms with Crippen molar-refractivity contribution in [3.8, 4) is 0 Å². The van der Waals surface area contributed by atoms with Crippen LogP contribution < -0.4 is 0 Å². The lowest BCUT2D eigenvalue weighted by molar-refractivity contribution is -0.0967. The molecule has 5 aliphatic rings. The van der Waals surface area contributed by atoms with E-state index in [0.29, 0.717) is 30.0 Å². The Hall–Kier alpha value is -3.16. The van der Waals surface area contributed by atoms with E-state index in [0.717, 1.165) is 74.4 Å². The van der Waals surface area contributed by atoms with Gasteiger partial charge >= 0.3 is 0 Å². The second-order valence-corrected chi connectivity index (χ2v) is 12.3. The Morgan fingerprint density at radius 3 is 2.58 bits per heavy atom. The number of carbonyl (C=O) groups is 2. The van der Waals surface area contributed by atoms with E-state index < -0.39 is 0 Å². The molecule has 1 N–H and O–H groups in total. The highest BCUT2D eigenvalue weighted by atomic mass is 16.7. The Labute approximate surface area is 235 Å². The monoisotopic (exact) mass is 542 g/mol. The molecular weight excluding hydrogens is 504 g/mol. The molecule has 1 fully saturated rings. The molecule has 5 atom stereocenters. The fraction of sp³-hybridized carbons (Fsp3) is 0.515. The molecule has 0 radical (unpaired) electrons. The summed E-state index contributed by atoms with van der Waals surface area (Å²) in [5.74, 6) is 1.53. The van der Waals surface area contributed by atoms with Crippen LogP contribution in [0.5, 0.6) is 0 Å². The van der Waals surface area contributed by atoms with Gasteiger partial charge in [0.25, 0.3) is 11.8 Å². The lowest BCUT2D eigenvalue weighted by atomic mass is 9.60. The summed E-state index contributed by atoms with van der Waals surface area (Å²) in [5, 5.41) is 14.2. The number of nitrogens with zero attached hydrogens (tertiary/aromatic N) is 2. The number of amides is 2. The number of rotatable bonds is 7. The number of benzene rings is 2. The summed E-state index contributed by atoms with van der Waals surface area (Å²) >= 11 is 0. The van der Waals surface area contributed by atoms with Crippen LogP contribution in [-0.2, 0) is 9.57 Å². The van der Waals surface area contributed by atoms with Gasteiger partial charge in [0.15, 0.2) is 0 Å². The molecule has 2 unspecified atom stereocenters. The quantitative estimate of drug-likeness (QED) is 0.363. The Kier molecular flexibility index (Phi) is 6.47. The molecule has 3 aliphatic heterocycles. The van der Waals surface area contributed by atoms with Crippen molar-refractivity contribution in [3.05, 3.63) is 71.1 Å². The van der Waals surface area contributed by atoms with E-state index in [2.05, 4.69) is 12.3 Å². The Morgan fingerprint density at radius 2 is 1.82 bits per heavy atom. The van der Waals surface area contributed by atoms with E-state index in [1.54, 1.807) is 7.11 Å². The normalized spacial score (nSPS) is 30.9. The summed E-state index contributed by atoms with van der Waals surface area (Å²) in [5.41, 5.74) is 2.58. The van der Waals surface area contributed by atoms with Crippen molar-refractivity contribution < 1.29 is 24.3 Å². The second kappa shape index (κ2) is 10.0. The average Bonchev–Trinajstić information content (AvgIpc) is 3.19. The van der Waals surface area contributed by atoms with E-state index in [1.807, 2.05) is 41.5 Å². The number of hydrogen-bond acceptors (Lipinski definition) is 6. The standard InChI is InChI=1S/C33H38N2O5/c1-39-34-16-14-33-19-21(12-13-28(33)40-27-18-24(36)17-23(20-34)30(27)33)7-3-2-4-15-35-31(37)25-10-5-8-22-9-6-11-26(29(22)25)32(35)38/h5-6,8-11,14,16,21,23-24,28,36H,2-4,7,12-13,15,17-20H2,1H3/t21?,23-,24-,28+,33?/m1/s1. The van der Waals surface area contributed by atoms with Crippen LogP contribution in [0.3, 0.4) is 0 Å². The summed E-state index contributed by atoms with van der Waals surface area (Å²) in [6.07, 6.45) is 12.9. The number of aliphatic hydroxyl groups excluding tert-OH is 1. The molecule has 7 heteroatoms. The maximum absolute atomic E-state index is 13.2. The lowest BCUT2D eigenvalue weighted by Crippen LogP contribution is -2.41. The minimum Gasteiger partial charge on any atom is -0.493 e. The topological polar surface area (TPSA) is 79.3 Å². The average molecular weight is 543 g/mol. The molecule has 2 amide bonds. The summed E-state index contributed by atoms with van der Waals surface area (Å²) in [4.78, 5) is 33.4. The lowest BCUT2D eigenvalue weighted by Gasteiger charge is -2.42. The van der Waals surface area contributed by atoms with E-state index in [9.17, 15) is 14.7 Å². The van der Waals surface area contributed by atoms with Gasteiger partial charge in [-0.2, -0.15) is 0 Å². The first-order valence-corrected chi connectivity index (χ1v) is 14.9. The zero-order valence-electron chi connectivity index (χ0n) is 23.2. The molecule has 0 aromatic heterocycles. The van der Waals surface area contributed by atoms with Crippen molar-refractivity contribution in [2.75, 3.05) is 20.2 Å². The van der Waals surface area contributed by atoms with Gasteiger partial charge in [0.1, 0.15) is 6.10 Å². The maximum atomic E-state index is 13.2. The van der Waals surface area contributed by atoms with Crippen molar-refractivity contribution in [2.45, 2.75) is 70.0 Å². The SMILES string of the molecule is CON1C=CC23CC(CCCCCN4C(=O)c5cccc6cccc(c56)C4=O)CC[C@@H]2OC2=C3[C@H](C[C@@H](O)C2)C1. The maximum Gasteiger partial charge on any atom is 0.261 e. The molecule has 0 bridgehead atoms. The van der Waals surface area contributed by atoms with Crippen molar-refractivity contribution in [3.63, 3.8) is 0 Å². The third-order valence-electron chi connectivity index (χ3n) is 10.0. The molecule has 2 aliphatic carbocycles. The highest BCUT2D eigenvalue weighted by Gasteiger charge is 2.56. The summed E-state index contributed by atoms with van der Waals surface area (Å²) in [6.45, 7) is 1.21. The van der Waals surface area contributed by atoms with Crippen LogP contribution in [0.2, 0.25) is 0 Å². The van der Waals surface area contributed by atoms with Crippen LogP contribution in [0, 0.1) is 17.3 Å². The number of imide groups is 1. The molecule has 1 spiro atoms. The second-order valence-electron chi connectivity index (χ2n) is 12.3. The molecule has 40 heavy (non-hydrogen) atoms. The Bertz CT molecular complexity index is 1360. The predicted octanol–water partition coefficient (Wildman–Crippen LogP) is 5.60. The number of unbranched alkanes of at least 4 members (excludes halogenated alkanes) is 2. The van der Waals surface area contributed by atoms with E-state index in [4.69, 9.17) is 9.57 Å². The molecule has 1 saturated carbocycles. The number of hydrogen-bond donors (Lipinski definition) is 1. The molecule has 7 nitrogen and oxygen atoms in total. The molecular formula is C33H38N2O5. The third-order valence-corrected chi connectivity index (χ3v) is 10.0. The van der Waals surface area contributed by atoms with Crippen LogP contribution in [0.25, 0.3) is 10.8 Å². The first-order valence-electron chi connectivity index (χ1n) is 14.9. The number of hydroxylamine groups is 2. The zero-order valence-corrected chi connectivity index (χ0v) is 23.2. The third kappa shape index (κ3) is 4.08. The number of aliphatic hydroxyl groups is 1. The van der Waals surface area contributed by atoms with Crippen LogP contribution >= 0.6 is 0 Å². The fourth-order valence-corrected chi connectivity index (χ4v) is 8.28. The molecule has 2 aromatic carbocycles. The summed E-state index contributed by atoms with van der Waals surface area (Å²) < 4.78 is 6.53. The van der Waals surface area contributed by atoms with Gasteiger partial charge in [-0.05, 0) is 61.1 Å². The van der Waals surface area contributed by atoms with Crippen LogP contribution in [0.1, 0.15) is 78.5 Å². The van der Waals surface area contributed by atoms with Gasteiger partial charge in [0, 0.05) is 41.6 Å². The highest BCUT2D eigenvalue weighted by Crippen LogP contribution is 2.59. The number of carbonyl (C=O) groups excluding carboxylic acids is 2. The van der Waals surface area contributed by atoms with Crippen LogP contribution in [0.15, 0.2) is 60.0 Å². The zero-order chi connectivity index (χ0) is 27.4. The van der Waals surface area contributed by atoms with Gasteiger partial charge in [-0.3, -0.25) is 24.4 Å². The largest absolute Gasteiger partial charge is 0.493 e. The van der Waals surface area contributed by atoms with Gasteiger partial charge in [-0.25, -0.2) is 0 Å². The molecule has 210 valence electrons. The van der Waals surface area contributed by atoms with Gasteiger partial charge in [-0.1, -0.05) is 49.6 Å². The predicted molar refractivity (Wildman–Crippen MR) is 151 cm³/mol. The minimum absolute atomic E-state index is 0.0998. The molecule has 7 rings (SSSR count). The van der Waals surface area contributed by atoms with Crippen LogP contribution in [0.4, 0.5) is 0 Å². The summed E-state index contributed by atoms with van der Waals surface area (Å²) in [7, 11) is 1.71. The smallest absolute Gasteiger partial charge is 0.261 e. The van der Waals surface area contributed by atoms with E-state index in [-0.39, 0.29) is 35.4 Å². The minimum atomic E-state index is -0.353. The Balaban J connectivity index is 0.988. The van der Waals surface area contributed by atoms with Gasteiger partial charge in [-0.15, -0.1) is 0 Å². The molecule has 3 heterocycles. The van der Waals surface area contributed by atoms with Crippen molar-refractivity contribution in [2.24, 2.45) is 17.3 Å². The molecule has 2 aromatic rings. The Morgan fingerprint density at radius 1 is 1.05 bits per heavy atom. The van der Waals surface area contributed by atoms with Gasteiger partial charge < -0.3 is 9.84 Å². The summed E-state index contributed by atoms with van der Waals surface area (Å²) in [6, 6.07) is 11.4. The van der Waals surface area contributed by atoms with Gasteiger partial charge in [0.2, 0.25) is 0 Å². The fourth-order valence-electron chi connectivity index (χ4n) is 8.28. The van der Waals surface area contributed by atoms with Crippen LogP contribution in [-0.4, -0.2) is 59.3 Å². The van der Waals surface area contributed by atoms with Crippen molar-refractivity contribution >= 4 is 22.6 Å². The van der Waals surface area contributed by atoms with Gasteiger partial charge in [0.05, 0.1) is 30.9 Å². The van der Waals surface area contributed by atoms with E-state index >= 15 is 0 Å². The van der Waals surface area contributed by atoms with E-state index in [1.165, 1.54) is 10.5 Å². The van der Waals surface area contributed by atoms with Crippen molar-refractivity contribution in [1.82, 2.24) is 9.96 Å². The molecule has 0 saturated heterocycles. The first-order chi connectivity index (χ1) is 19.5.